The molecule has 0 aliphatic rings. The summed E-state index contributed by atoms with van der Waals surface area (Å²) in [7, 11) is 3.65. The van der Waals surface area contributed by atoms with Crippen molar-refractivity contribution in [2.45, 2.75) is 26.3 Å². The van der Waals surface area contributed by atoms with Gasteiger partial charge in [-0.1, -0.05) is 0 Å². The summed E-state index contributed by atoms with van der Waals surface area (Å²) in [5, 5.41) is 6.34. The number of hydrogen-bond donors (Lipinski definition) is 2. The van der Waals surface area contributed by atoms with E-state index in [1.165, 1.54) is 9.75 Å². The van der Waals surface area contributed by atoms with Crippen LogP contribution in [0.15, 0.2) is 17.1 Å². The molecule has 0 amide bonds. The highest BCUT2D eigenvalue weighted by Gasteiger charge is 2.06. The van der Waals surface area contributed by atoms with Crippen LogP contribution in [0.4, 0.5) is 0 Å². The maximum atomic E-state index is 4.09. The molecular formula is C11H20IN3S. The van der Waals surface area contributed by atoms with Gasteiger partial charge in [-0.3, -0.25) is 4.99 Å². The Morgan fingerprint density at radius 1 is 1.50 bits per heavy atom. The van der Waals surface area contributed by atoms with Crippen molar-refractivity contribution in [1.82, 2.24) is 10.6 Å². The fourth-order valence-corrected chi connectivity index (χ4v) is 2.45. The second-order valence-corrected chi connectivity index (χ2v) is 4.96. The van der Waals surface area contributed by atoms with Crippen molar-refractivity contribution in [3.63, 3.8) is 0 Å². The third kappa shape index (κ3) is 5.16. The van der Waals surface area contributed by atoms with E-state index in [0.717, 1.165) is 12.4 Å². The maximum absolute atomic E-state index is 4.09. The molecule has 1 heterocycles. The molecule has 1 atom stereocenters. The number of guanidine groups is 1. The van der Waals surface area contributed by atoms with Crippen LogP contribution in [0, 0.1) is 6.92 Å². The number of aliphatic imine (C=N–C) groups is 1. The molecule has 0 bridgehead atoms. The van der Waals surface area contributed by atoms with Crippen LogP contribution in [-0.4, -0.2) is 26.1 Å². The number of hydrogen-bond acceptors (Lipinski definition) is 2. The fourth-order valence-electron chi connectivity index (χ4n) is 1.43. The number of halogens is 1. The standard InChI is InChI=1S/C11H19N3S.HI/c1-8(14-11(12-3)13-4)7-10-6-5-9(2)15-10;/h5-6,8H,7H2,1-4H3,(H2,12,13,14);1H. The number of nitrogens with zero attached hydrogens (tertiary/aromatic N) is 1. The van der Waals surface area contributed by atoms with Gasteiger partial charge in [0.2, 0.25) is 0 Å². The molecule has 0 aliphatic heterocycles. The molecule has 1 rings (SSSR count). The minimum atomic E-state index is 0. The topological polar surface area (TPSA) is 36.4 Å². The average molecular weight is 353 g/mol. The Bertz CT molecular complexity index is 336. The van der Waals surface area contributed by atoms with E-state index in [1.54, 1.807) is 7.05 Å². The zero-order chi connectivity index (χ0) is 11.3. The zero-order valence-corrected chi connectivity index (χ0v) is 13.3. The molecule has 1 aromatic rings. The molecule has 16 heavy (non-hydrogen) atoms. The first kappa shape index (κ1) is 15.7. The molecule has 0 fully saturated rings. The average Bonchev–Trinajstić information content (AvgIpc) is 2.60. The molecule has 0 saturated heterocycles. The van der Waals surface area contributed by atoms with Crippen LogP contribution < -0.4 is 10.6 Å². The number of rotatable bonds is 3. The van der Waals surface area contributed by atoms with E-state index in [9.17, 15) is 0 Å². The molecule has 2 N–H and O–H groups in total. The van der Waals surface area contributed by atoms with Gasteiger partial charge in [-0.25, -0.2) is 0 Å². The number of aryl methyl sites for hydroxylation is 1. The maximum Gasteiger partial charge on any atom is 0.190 e. The summed E-state index contributed by atoms with van der Waals surface area (Å²) < 4.78 is 0. The van der Waals surface area contributed by atoms with Gasteiger partial charge in [-0.2, -0.15) is 0 Å². The van der Waals surface area contributed by atoms with Crippen LogP contribution in [-0.2, 0) is 6.42 Å². The van der Waals surface area contributed by atoms with E-state index in [-0.39, 0.29) is 24.0 Å². The minimum absolute atomic E-state index is 0. The van der Waals surface area contributed by atoms with E-state index < -0.39 is 0 Å². The Hall–Kier alpha value is -0.300. The third-order valence-corrected chi connectivity index (χ3v) is 3.17. The molecular weight excluding hydrogens is 333 g/mol. The van der Waals surface area contributed by atoms with E-state index in [0.29, 0.717) is 6.04 Å². The number of nitrogens with one attached hydrogen (secondary N) is 2. The minimum Gasteiger partial charge on any atom is -0.359 e. The quantitative estimate of drug-likeness (QED) is 0.497. The van der Waals surface area contributed by atoms with Crippen LogP contribution in [0.2, 0.25) is 0 Å². The molecule has 0 aromatic carbocycles. The molecule has 0 aliphatic carbocycles. The summed E-state index contributed by atoms with van der Waals surface area (Å²) in [4.78, 5) is 6.88. The summed E-state index contributed by atoms with van der Waals surface area (Å²) in [6.45, 7) is 4.30. The smallest absolute Gasteiger partial charge is 0.190 e. The highest BCUT2D eigenvalue weighted by molar-refractivity contribution is 14.0. The van der Waals surface area contributed by atoms with Gasteiger partial charge in [0.05, 0.1) is 0 Å². The normalized spacial score (nSPS) is 12.9. The van der Waals surface area contributed by atoms with Gasteiger partial charge in [0.25, 0.3) is 0 Å². The second-order valence-electron chi connectivity index (χ2n) is 3.58. The van der Waals surface area contributed by atoms with E-state index in [4.69, 9.17) is 0 Å². The molecule has 1 unspecified atom stereocenters. The summed E-state index contributed by atoms with van der Waals surface area (Å²) in [5.41, 5.74) is 0. The molecule has 5 heteroatoms. The van der Waals surface area contributed by atoms with Crippen molar-refractivity contribution in [2.24, 2.45) is 4.99 Å². The van der Waals surface area contributed by atoms with Crippen LogP contribution >= 0.6 is 35.3 Å². The largest absolute Gasteiger partial charge is 0.359 e. The van der Waals surface area contributed by atoms with Gasteiger partial charge in [-0.05, 0) is 26.0 Å². The van der Waals surface area contributed by atoms with Crippen molar-refractivity contribution in [1.29, 1.82) is 0 Å². The monoisotopic (exact) mass is 353 g/mol. The molecule has 0 saturated carbocycles. The van der Waals surface area contributed by atoms with Crippen LogP contribution in [0.5, 0.6) is 0 Å². The first-order chi connectivity index (χ1) is 7.15. The molecule has 3 nitrogen and oxygen atoms in total. The van der Waals surface area contributed by atoms with Crippen LogP contribution in [0.1, 0.15) is 16.7 Å². The van der Waals surface area contributed by atoms with E-state index in [1.807, 2.05) is 18.4 Å². The SMILES string of the molecule is CN=C(NC)NC(C)Cc1ccc(C)s1.I. The third-order valence-electron chi connectivity index (χ3n) is 2.15. The fraction of sp³-hybridized carbons (Fsp3) is 0.545. The van der Waals surface area contributed by atoms with Gasteiger partial charge in [0, 0.05) is 36.3 Å². The summed E-state index contributed by atoms with van der Waals surface area (Å²) in [5.74, 6) is 0.843. The van der Waals surface area contributed by atoms with Crippen molar-refractivity contribution < 1.29 is 0 Å². The predicted octanol–water partition coefficient (Wildman–Crippen LogP) is 2.40. The Kier molecular flexibility index (Phi) is 7.74. The lowest BCUT2D eigenvalue weighted by Crippen LogP contribution is -2.41. The van der Waals surface area contributed by atoms with Crippen molar-refractivity contribution >= 4 is 41.3 Å². The van der Waals surface area contributed by atoms with Crippen LogP contribution in [0.25, 0.3) is 0 Å². The summed E-state index contributed by atoms with van der Waals surface area (Å²) in [6, 6.07) is 4.76. The Labute approximate surface area is 119 Å². The van der Waals surface area contributed by atoms with Gasteiger partial charge in [0.15, 0.2) is 5.96 Å². The van der Waals surface area contributed by atoms with E-state index in [2.05, 4.69) is 41.6 Å². The molecule has 0 spiro atoms. The highest BCUT2D eigenvalue weighted by atomic mass is 127. The molecule has 92 valence electrons. The molecule has 1 aromatic heterocycles. The number of thiophene rings is 1. The van der Waals surface area contributed by atoms with Gasteiger partial charge in [-0.15, -0.1) is 35.3 Å². The van der Waals surface area contributed by atoms with Crippen molar-refractivity contribution in [2.75, 3.05) is 14.1 Å². The summed E-state index contributed by atoms with van der Waals surface area (Å²) >= 11 is 1.86. The second kappa shape index (κ2) is 7.89. The van der Waals surface area contributed by atoms with Gasteiger partial charge < -0.3 is 10.6 Å². The van der Waals surface area contributed by atoms with E-state index >= 15 is 0 Å². The predicted molar refractivity (Wildman–Crippen MR) is 83.2 cm³/mol. The lowest BCUT2D eigenvalue weighted by atomic mass is 10.2. The van der Waals surface area contributed by atoms with Crippen molar-refractivity contribution in [3.05, 3.63) is 21.9 Å². The Balaban J connectivity index is 0.00000225. The van der Waals surface area contributed by atoms with Crippen LogP contribution in [0.3, 0.4) is 0 Å². The lowest BCUT2D eigenvalue weighted by Gasteiger charge is -2.15. The first-order valence-electron chi connectivity index (χ1n) is 5.12. The molecule has 0 radical (unpaired) electrons. The Morgan fingerprint density at radius 2 is 2.19 bits per heavy atom. The van der Waals surface area contributed by atoms with Gasteiger partial charge in [0.1, 0.15) is 0 Å². The van der Waals surface area contributed by atoms with Gasteiger partial charge >= 0.3 is 0 Å². The summed E-state index contributed by atoms with van der Waals surface area (Å²) in [6.07, 6.45) is 1.04. The Morgan fingerprint density at radius 3 is 2.62 bits per heavy atom. The van der Waals surface area contributed by atoms with Crippen molar-refractivity contribution in [3.8, 4) is 0 Å². The highest BCUT2D eigenvalue weighted by Crippen LogP contribution is 2.16. The zero-order valence-electron chi connectivity index (χ0n) is 10.2. The lowest BCUT2D eigenvalue weighted by molar-refractivity contribution is 0.653. The first-order valence-corrected chi connectivity index (χ1v) is 5.93.